The smallest absolute Gasteiger partial charge is 0.286 e. The Bertz CT molecular complexity index is 1030. The molecule has 1 aromatic heterocycles. The fraction of sp³-hybridized carbons (Fsp3) is 0.542. The molecule has 0 atom stereocenters. The summed E-state index contributed by atoms with van der Waals surface area (Å²) in [4.78, 5) is 44.3. The first-order valence-corrected chi connectivity index (χ1v) is 12.9. The average Bonchev–Trinajstić information content (AvgIpc) is 3.37. The lowest BCUT2D eigenvalue weighted by Gasteiger charge is -2.33. The number of carbonyl (C=O) groups is 3. The second kappa shape index (κ2) is 11.7. The average molecular weight is 500 g/mol. The van der Waals surface area contributed by atoms with E-state index in [2.05, 4.69) is 37.7 Å². The van der Waals surface area contributed by atoms with Crippen molar-refractivity contribution >= 4 is 34.7 Å². The highest BCUT2D eigenvalue weighted by Crippen LogP contribution is 2.21. The van der Waals surface area contributed by atoms with Crippen LogP contribution in [0.15, 0.2) is 24.3 Å². The van der Waals surface area contributed by atoms with E-state index in [-0.39, 0.29) is 27.7 Å². The Hall–Kier alpha value is -2.89. The van der Waals surface area contributed by atoms with E-state index in [0.29, 0.717) is 38.2 Å². The van der Waals surface area contributed by atoms with Crippen LogP contribution in [0.4, 0.5) is 5.69 Å². The van der Waals surface area contributed by atoms with Crippen molar-refractivity contribution in [3.8, 4) is 0 Å². The van der Waals surface area contributed by atoms with Gasteiger partial charge in [0.1, 0.15) is 0 Å². The van der Waals surface area contributed by atoms with E-state index in [1.54, 1.807) is 4.90 Å². The van der Waals surface area contributed by atoms with Crippen LogP contribution in [0.25, 0.3) is 0 Å². The van der Waals surface area contributed by atoms with Crippen molar-refractivity contribution in [3.63, 3.8) is 0 Å². The quantitative estimate of drug-likeness (QED) is 0.591. The number of benzene rings is 1. The maximum absolute atomic E-state index is 12.9. The normalized spacial score (nSPS) is 17.8. The van der Waals surface area contributed by atoms with Crippen molar-refractivity contribution in [2.75, 3.05) is 64.7 Å². The molecule has 2 aliphatic heterocycles. The zero-order valence-corrected chi connectivity index (χ0v) is 21.1. The van der Waals surface area contributed by atoms with Crippen molar-refractivity contribution in [1.82, 2.24) is 30.2 Å². The number of likely N-dealkylation sites (tertiary alicyclic amines) is 1. The van der Waals surface area contributed by atoms with Gasteiger partial charge in [-0.2, -0.15) is 0 Å². The van der Waals surface area contributed by atoms with E-state index in [1.807, 2.05) is 31.2 Å². The number of aromatic nitrogens is 2. The third kappa shape index (κ3) is 6.83. The predicted molar refractivity (Wildman–Crippen MR) is 135 cm³/mol. The van der Waals surface area contributed by atoms with E-state index >= 15 is 0 Å². The maximum atomic E-state index is 12.9. The minimum Gasteiger partial charge on any atom is -0.355 e. The number of anilines is 1. The summed E-state index contributed by atoms with van der Waals surface area (Å²) in [6.07, 6.45) is 1.23. The third-order valence-corrected chi connectivity index (χ3v) is 7.50. The predicted octanol–water partition coefficient (Wildman–Crippen LogP) is 1.31. The zero-order chi connectivity index (χ0) is 24.8. The number of piperidine rings is 1. The van der Waals surface area contributed by atoms with Crippen LogP contribution >= 0.6 is 11.3 Å². The topological polar surface area (TPSA) is 111 Å². The van der Waals surface area contributed by atoms with Gasteiger partial charge in [0.15, 0.2) is 0 Å². The molecule has 0 bridgehead atoms. The van der Waals surface area contributed by atoms with Gasteiger partial charge in [0.25, 0.3) is 11.8 Å². The lowest BCUT2D eigenvalue weighted by atomic mass is 9.96. The second-order valence-corrected chi connectivity index (χ2v) is 10.2. The minimum atomic E-state index is -0.391. The molecule has 35 heavy (non-hydrogen) atoms. The van der Waals surface area contributed by atoms with Gasteiger partial charge in [-0.15, -0.1) is 10.2 Å². The lowest BCUT2D eigenvalue weighted by molar-refractivity contribution is -0.126. The number of nitrogens with zero attached hydrogens (tertiary/aromatic N) is 5. The van der Waals surface area contributed by atoms with Gasteiger partial charge < -0.3 is 20.4 Å². The summed E-state index contributed by atoms with van der Waals surface area (Å²) in [5, 5.41) is 14.0. The standard InChI is InChI=1S/C24H33N7O3S/c1-17-3-5-19(6-4-17)26-21(33)22-27-28-23(35-22)24(34)31-10-7-18(8-11-31)20(32)25-9-12-30-15-13-29(2)14-16-30/h3-6,18H,7-16H2,1-2H3,(H,25,32)(H,26,33). The first-order valence-electron chi connectivity index (χ1n) is 12.1. The third-order valence-electron chi connectivity index (χ3n) is 6.59. The molecule has 11 heteroatoms. The Labute approximate surface area is 209 Å². The van der Waals surface area contributed by atoms with Gasteiger partial charge in [0.2, 0.25) is 15.9 Å². The van der Waals surface area contributed by atoms with Crippen LogP contribution in [0.5, 0.6) is 0 Å². The fourth-order valence-corrected chi connectivity index (χ4v) is 4.96. The molecule has 188 valence electrons. The number of aryl methyl sites for hydroxylation is 1. The molecule has 2 aliphatic rings. The molecule has 0 aliphatic carbocycles. The van der Waals surface area contributed by atoms with Gasteiger partial charge >= 0.3 is 0 Å². The summed E-state index contributed by atoms with van der Waals surface area (Å²) >= 11 is 0.985. The molecule has 2 saturated heterocycles. The molecule has 2 aromatic rings. The molecule has 1 aromatic carbocycles. The van der Waals surface area contributed by atoms with E-state index in [4.69, 9.17) is 0 Å². The van der Waals surface area contributed by atoms with Crippen molar-refractivity contribution in [2.45, 2.75) is 19.8 Å². The van der Waals surface area contributed by atoms with Crippen LogP contribution in [-0.2, 0) is 4.79 Å². The van der Waals surface area contributed by atoms with Crippen LogP contribution in [0.2, 0.25) is 0 Å². The number of piperazine rings is 1. The number of amides is 3. The molecular formula is C24H33N7O3S. The van der Waals surface area contributed by atoms with Crippen molar-refractivity contribution in [1.29, 1.82) is 0 Å². The summed E-state index contributed by atoms with van der Waals surface area (Å²) in [7, 11) is 2.13. The first kappa shape index (κ1) is 25.2. The van der Waals surface area contributed by atoms with Crippen LogP contribution in [-0.4, -0.2) is 102 Å². The lowest BCUT2D eigenvalue weighted by Crippen LogP contribution is -2.48. The Kier molecular flexibility index (Phi) is 8.42. The first-order chi connectivity index (χ1) is 16.9. The zero-order valence-electron chi connectivity index (χ0n) is 20.3. The highest BCUT2D eigenvalue weighted by atomic mass is 32.1. The van der Waals surface area contributed by atoms with Gasteiger partial charge in [0, 0.05) is 64.0 Å². The second-order valence-electron chi connectivity index (χ2n) is 9.23. The summed E-state index contributed by atoms with van der Waals surface area (Å²) in [6.45, 7) is 8.66. The summed E-state index contributed by atoms with van der Waals surface area (Å²) in [5.74, 6) is -0.655. The van der Waals surface area contributed by atoms with Gasteiger partial charge in [0.05, 0.1) is 0 Å². The molecule has 0 radical (unpaired) electrons. The summed E-state index contributed by atoms with van der Waals surface area (Å²) < 4.78 is 0. The molecule has 3 heterocycles. The summed E-state index contributed by atoms with van der Waals surface area (Å²) in [6, 6.07) is 7.43. The molecule has 2 fully saturated rings. The molecule has 10 nitrogen and oxygen atoms in total. The van der Waals surface area contributed by atoms with Gasteiger partial charge in [-0.3, -0.25) is 19.3 Å². The molecule has 0 unspecified atom stereocenters. The Balaban J connectivity index is 1.20. The van der Waals surface area contributed by atoms with E-state index in [9.17, 15) is 14.4 Å². The Morgan fingerprint density at radius 1 is 0.971 bits per heavy atom. The number of nitrogens with one attached hydrogen (secondary N) is 2. The van der Waals surface area contributed by atoms with Crippen LogP contribution in [0, 0.1) is 12.8 Å². The van der Waals surface area contributed by atoms with Crippen LogP contribution < -0.4 is 10.6 Å². The van der Waals surface area contributed by atoms with E-state index < -0.39 is 5.91 Å². The molecule has 2 N–H and O–H groups in total. The minimum absolute atomic E-state index is 0.0669. The highest BCUT2D eigenvalue weighted by molar-refractivity contribution is 7.15. The number of likely N-dealkylation sites (N-methyl/N-ethyl adjacent to an activating group) is 1. The molecule has 0 spiro atoms. The maximum Gasteiger partial charge on any atom is 0.286 e. The van der Waals surface area contributed by atoms with Crippen molar-refractivity contribution < 1.29 is 14.4 Å². The molecule has 3 amide bonds. The van der Waals surface area contributed by atoms with Crippen LogP contribution in [0.1, 0.15) is 38.0 Å². The fourth-order valence-electron chi connectivity index (χ4n) is 4.26. The van der Waals surface area contributed by atoms with E-state index in [0.717, 1.165) is 49.6 Å². The van der Waals surface area contributed by atoms with Gasteiger partial charge in [-0.25, -0.2) is 0 Å². The number of carbonyl (C=O) groups excluding carboxylic acids is 3. The van der Waals surface area contributed by atoms with Crippen molar-refractivity contribution in [3.05, 3.63) is 39.8 Å². The van der Waals surface area contributed by atoms with Gasteiger partial charge in [-0.1, -0.05) is 29.0 Å². The number of hydrogen-bond acceptors (Lipinski definition) is 8. The monoisotopic (exact) mass is 499 g/mol. The molecule has 0 saturated carbocycles. The molecular weight excluding hydrogens is 466 g/mol. The van der Waals surface area contributed by atoms with Crippen molar-refractivity contribution in [2.24, 2.45) is 5.92 Å². The number of hydrogen-bond donors (Lipinski definition) is 2. The SMILES string of the molecule is Cc1ccc(NC(=O)c2nnc(C(=O)N3CCC(C(=O)NCCN4CCN(C)CC4)CC3)s2)cc1. The number of rotatable bonds is 7. The molecule has 4 rings (SSSR count). The largest absolute Gasteiger partial charge is 0.355 e. The Morgan fingerprint density at radius 3 is 2.31 bits per heavy atom. The van der Waals surface area contributed by atoms with E-state index in [1.165, 1.54) is 0 Å². The van der Waals surface area contributed by atoms with Crippen LogP contribution in [0.3, 0.4) is 0 Å². The van der Waals surface area contributed by atoms with Gasteiger partial charge in [-0.05, 0) is 38.9 Å². The Morgan fingerprint density at radius 2 is 1.63 bits per heavy atom. The summed E-state index contributed by atoms with van der Waals surface area (Å²) in [5.41, 5.74) is 1.76. The highest BCUT2D eigenvalue weighted by Gasteiger charge is 2.30.